The van der Waals surface area contributed by atoms with Gasteiger partial charge in [0.15, 0.2) is 5.16 Å². The molecule has 0 bridgehead atoms. The number of hydrogen-bond acceptors (Lipinski definition) is 5. The number of benzene rings is 1. The predicted octanol–water partition coefficient (Wildman–Crippen LogP) is 3.72. The maximum absolute atomic E-state index is 12.3. The summed E-state index contributed by atoms with van der Waals surface area (Å²) in [6, 6.07) is 11.0. The molecule has 128 valence electrons. The van der Waals surface area contributed by atoms with Gasteiger partial charge in [0.05, 0.1) is 10.7 Å². The first-order chi connectivity index (χ1) is 12.0. The molecule has 2 aromatic heterocycles. The van der Waals surface area contributed by atoms with Gasteiger partial charge < -0.3 is 9.88 Å². The van der Waals surface area contributed by atoms with Crippen molar-refractivity contribution in [2.75, 3.05) is 5.32 Å². The van der Waals surface area contributed by atoms with Gasteiger partial charge in [-0.2, -0.15) is 0 Å². The minimum atomic E-state index is -0.266. The zero-order valence-electron chi connectivity index (χ0n) is 13.7. The third-order valence-electron chi connectivity index (χ3n) is 3.48. The molecule has 0 aliphatic rings. The standard InChI is InChI=1S/C17H16ClN5OS/c1-11-14(18)6-7-15(20-11)16(24)21-13-5-3-4-12(8-13)9-25-17-22-19-10-23(17)2/h3-8,10H,9H2,1-2H3,(H,21,24). The molecule has 3 rings (SSSR count). The Balaban J connectivity index is 1.67. The lowest BCUT2D eigenvalue weighted by atomic mass is 10.2. The lowest BCUT2D eigenvalue weighted by molar-refractivity contribution is 0.102. The van der Waals surface area contributed by atoms with Crippen molar-refractivity contribution in [3.8, 4) is 0 Å². The van der Waals surface area contributed by atoms with E-state index in [1.54, 1.807) is 37.1 Å². The van der Waals surface area contributed by atoms with E-state index < -0.39 is 0 Å². The Bertz CT molecular complexity index is 912. The summed E-state index contributed by atoms with van der Waals surface area (Å²) in [4.78, 5) is 16.5. The van der Waals surface area contributed by atoms with Crippen LogP contribution in [0.5, 0.6) is 0 Å². The van der Waals surface area contributed by atoms with Gasteiger partial charge in [0.1, 0.15) is 12.0 Å². The molecule has 3 aromatic rings. The fraction of sp³-hybridized carbons (Fsp3) is 0.176. The predicted molar refractivity (Wildman–Crippen MR) is 98.9 cm³/mol. The molecule has 0 radical (unpaired) electrons. The van der Waals surface area contributed by atoms with Gasteiger partial charge in [0.25, 0.3) is 5.91 Å². The van der Waals surface area contributed by atoms with Gasteiger partial charge in [0, 0.05) is 18.5 Å². The molecule has 1 N–H and O–H groups in total. The Morgan fingerprint density at radius 1 is 1.32 bits per heavy atom. The first-order valence-electron chi connectivity index (χ1n) is 7.53. The van der Waals surface area contributed by atoms with Crippen LogP contribution in [-0.2, 0) is 12.8 Å². The maximum atomic E-state index is 12.3. The minimum Gasteiger partial charge on any atom is -0.321 e. The summed E-state index contributed by atoms with van der Waals surface area (Å²) in [7, 11) is 1.90. The van der Waals surface area contributed by atoms with Crippen LogP contribution in [0.1, 0.15) is 21.7 Å². The van der Waals surface area contributed by atoms with Crippen LogP contribution in [0.4, 0.5) is 5.69 Å². The van der Waals surface area contributed by atoms with Crippen LogP contribution in [0.2, 0.25) is 5.02 Å². The van der Waals surface area contributed by atoms with E-state index in [1.807, 2.05) is 35.9 Å². The Labute approximate surface area is 154 Å². The summed E-state index contributed by atoms with van der Waals surface area (Å²) < 4.78 is 1.87. The fourth-order valence-electron chi connectivity index (χ4n) is 2.16. The Kier molecular flexibility index (Phi) is 5.35. The van der Waals surface area contributed by atoms with E-state index in [-0.39, 0.29) is 5.91 Å². The lowest BCUT2D eigenvalue weighted by Gasteiger charge is -2.08. The summed E-state index contributed by atoms with van der Waals surface area (Å²) >= 11 is 7.53. The van der Waals surface area contributed by atoms with E-state index in [2.05, 4.69) is 20.5 Å². The molecular weight excluding hydrogens is 358 g/mol. The van der Waals surface area contributed by atoms with Gasteiger partial charge in [-0.15, -0.1) is 10.2 Å². The molecular formula is C17H16ClN5OS. The largest absolute Gasteiger partial charge is 0.321 e. The number of carbonyl (C=O) groups is 1. The Morgan fingerprint density at radius 3 is 2.88 bits per heavy atom. The first kappa shape index (κ1) is 17.4. The average molecular weight is 374 g/mol. The highest BCUT2D eigenvalue weighted by molar-refractivity contribution is 7.98. The van der Waals surface area contributed by atoms with Crippen LogP contribution in [-0.4, -0.2) is 25.7 Å². The molecule has 0 aliphatic heterocycles. The van der Waals surface area contributed by atoms with Crippen LogP contribution in [0.25, 0.3) is 0 Å². The molecule has 0 saturated heterocycles. The number of nitrogens with one attached hydrogen (secondary N) is 1. The number of anilines is 1. The number of thioether (sulfide) groups is 1. The molecule has 0 saturated carbocycles. The molecule has 0 unspecified atom stereocenters. The molecule has 0 fully saturated rings. The van der Waals surface area contributed by atoms with Gasteiger partial charge >= 0.3 is 0 Å². The van der Waals surface area contributed by atoms with Crippen molar-refractivity contribution in [1.29, 1.82) is 0 Å². The minimum absolute atomic E-state index is 0.266. The number of hydrogen-bond donors (Lipinski definition) is 1. The lowest BCUT2D eigenvalue weighted by Crippen LogP contribution is -2.14. The molecule has 8 heteroatoms. The van der Waals surface area contributed by atoms with Crippen molar-refractivity contribution in [2.24, 2.45) is 7.05 Å². The second-order valence-corrected chi connectivity index (χ2v) is 6.78. The number of aromatic nitrogens is 4. The number of nitrogens with zero attached hydrogens (tertiary/aromatic N) is 4. The number of carbonyl (C=O) groups excluding carboxylic acids is 1. The van der Waals surface area contributed by atoms with E-state index in [0.29, 0.717) is 16.4 Å². The highest BCUT2D eigenvalue weighted by Crippen LogP contribution is 2.22. The number of pyridine rings is 1. The number of amides is 1. The number of halogens is 1. The van der Waals surface area contributed by atoms with Crippen molar-refractivity contribution in [1.82, 2.24) is 19.7 Å². The monoisotopic (exact) mass is 373 g/mol. The molecule has 1 amide bonds. The zero-order chi connectivity index (χ0) is 17.8. The molecule has 0 aliphatic carbocycles. The Hall–Kier alpha value is -2.38. The molecule has 0 spiro atoms. The second kappa shape index (κ2) is 7.67. The first-order valence-corrected chi connectivity index (χ1v) is 8.89. The van der Waals surface area contributed by atoms with E-state index in [4.69, 9.17) is 11.6 Å². The van der Waals surface area contributed by atoms with Crippen LogP contribution in [0, 0.1) is 6.92 Å². The average Bonchev–Trinajstić information content (AvgIpc) is 3.01. The van der Waals surface area contributed by atoms with Crippen molar-refractivity contribution < 1.29 is 4.79 Å². The third kappa shape index (κ3) is 4.37. The molecule has 2 heterocycles. The van der Waals surface area contributed by atoms with E-state index in [1.165, 1.54) is 0 Å². The molecule has 25 heavy (non-hydrogen) atoms. The normalized spacial score (nSPS) is 10.7. The SMILES string of the molecule is Cc1nc(C(=O)Nc2cccc(CSc3nncn3C)c2)ccc1Cl. The summed E-state index contributed by atoms with van der Waals surface area (Å²) in [6.07, 6.45) is 1.67. The molecule has 1 aromatic carbocycles. The van der Waals surface area contributed by atoms with Crippen LogP contribution >= 0.6 is 23.4 Å². The quantitative estimate of drug-likeness (QED) is 0.690. The number of rotatable bonds is 5. The van der Waals surface area contributed by atoms with E-state index >= 15 is 0 Å². The maximum Gasteiger partial charge on any atom is 0.274 e. The zero-order valence-corrected chi connectivity index (χ0v) is 15.3. The smallest absolute Gasteiger partial charge is 0.274 e. The van der Waals surface area contributed by atoms with Crippen LogP contribution in [0.3, 0.4) is 0 Å². The summed E-state index contributed by atoms with van der Waals surface area (Å²) in [5.74, 6) is 0.465. The van der Waals surface area contributed by atoms with Gasteiger partial charge in [-0.3, -0.25) is 4.79 Å². The van der Waals surface area contributed by atoms with Gasteiger partial charge in [-0.25, -0.2) is 4.98 Å². The third-order valence-corrected chi connectivity index (χ3v) is 4.98. The van der Waals surface area contributed by atoms with Gasteiger partial charge in [-0.1, -0.05) is 35.5 Å². The topological polar surface area (TPSA) is 72.7 Å². The highest BCUT2D eigenvalue weighted by Gasteiger charge is 2.10. The van der Waals surface area contributed by atoms with Gasteiger partial charge in [-0.05, 0) is 36.8 Å². The van der Waals surface area contributed by atoms with Crippen molar-refractivity contribution in [3.63, 3.8) is 0 Å². The van der Waals surface area contributed by atoms with E-state index in [0.717, 1.165) is 22.2 Å². The van der Waals surface area contributed by atoms with Crippen molar-refractivity contribution in [2.45, 2.75) is 17.8 Å². The summed E-state index contributed by atoms with van der Waals surface area (Å²) in [5.41, 5.74) is 2.76. The molecule has 6 nitrogen and oxygen atoms in total. The summed E-state index contributed by atoms with van der Waals surface area (Å²) in [6.45, 7) is 1.77. The van der Waals surface area contributed by atoms with Crippen LogP contribution < -0.4 is 5.32 Å². The highest BCUT2D eigenvalue weighted by atomic mass is 35.5. The molecule has 0 atom stereocenters. The number of aryl methyl sites for hydroxylation is 2. The summed E-state index contributed by atoms with van der Waals surface area (Å²) in [5, 5.41) is 12.1. The van der Waals surface area contributed by atoms with Gasteiger partial charge in [0.2, 0.25) is 0 Å². The van der Waals surface area contributed by atoms with Crippen molar-refractivity contribution >= 4 is 35.0 Å². The second-order valence-electron chi connectivity index (χ2n) is 5.43. The fourth-order valence-corrected chi connectivity index (χ4v) is 3.09. The van der Waals surface area contributed by atoms with E-state index in [9.17, 15) is 4.79 Å². The Morgan fingerprint density at radius 2 is 2.16 bits per heavy atom. The van der Waals surface area contributed by atoms with Crippen LogP contribution in [0.15, 0.2) is 47.9 Å². The van der Waals surface area contributed by atoms with Crippen molar-refractivity contribution in [3.05, 3.63) is 64.7 Å².